The van der Waals surface area contributed by atoms with Gasteiger partial charge in [0.15, 0.2) is 0 Å². The van der Waals surface area contributed by atoms with Gasteiger partial charge < -0.3 is 14.6 Å². The molecular formula is C11H22O3. The van der Waals surface area contributed by atoms with Gasteiger partial charge in [-0.2, -0.15) is 0 Å². The minimum absolute atomic E-state index is 0.294. The molecule has 0 aromatic carbocycles. The van der Waals surface area contributed by atoms with E-state index in [-0.39, 0.29) is 6.10 Å². The fourth-order valence-electron chi connectivity index (χ4n) is 1.51. The fraction of sp³-hybridized carbons (Fsp3) is 1.00. The van der Waals surface area contributed by atoms with Gasteiger partial charge >= 0.3 is 0 Å². The Balaban J connectivity index is 2.12. The second-order valence-electron chi connectivity index (χ2n) is 4.10. The van der Waals surface area contributed by atoms with Crippen LogP contribution in [-0.4, -0.2) is 37.1 Å². The van der Waals surface area contributed by atoms with Crippen LogP contribution in [-0.2, 0) is 9.47 Å². The van der Waals surface area contributed by atoms with Crippen LogP contribution in [0.25, 0.3) is 0 Å². The Bertz CT molecular complexity index is 141. The Hall–Kier alpha value is -0.120. The normalized spacial score (nSPS) is 23.4. The Kier molecular flexibility index (Phi) is 5.45. The number of hydrogen-bond donors (Lipinski definition) is 1. The molecule has 84 valence electrons. The molecule has 1 N–H and O–H groups in total. The Morgan fingerprint density at radius 2 is 2.07 bits per heavy atom. The quantitative estimate of drug-likeness (QED) is 0.735. The van der Waals surface area contributed by atoms with Gasteiger partial charge in [-0.1, -0.05) is 20.3 Å². The lowest BCUT2D eigenvalue weighted by molar-refractivity contribution is -0.0690. The van der Waals surface area contributed by atoms with Crippen molar-refractivity contribution in [2.75, 3.05) is 19.8 Å². The van der Waals surface area contributed by atoms with Crippen LogP contribution in [0.5, 0.6) is 0 Å². The van der Waals surface area contributed by atoms with Gasteiger partial charge in [0.05, 0.1) is 18.8 Å². The minimum Gasteiger partial charge on any atom is -0.390 e. The molecule has 3 heteroatoms. The molecule has 0 amide bonds. The van der Waals surface area contributed by atoms with Gasteiger partial charge in [0, 0.05) is 13.2 Å². The topological polar surface area (TPSA) is 38.7 Å². The molecule has 2 unspecified atom stereocenters. The lowest BCUT2D eigenvalue weighted by Gasteiger charge is -2.25. The first kappa shape index (κ1) is 12.0. The third-order valence-corrected chi connectivity index (χ3v) is 2.97. The summed E-state index contributed by atoms with van der Waals surface area (Å²) in [5.41, 5.74) is 0. The minimum atomic E-state index is -0.317. The predicted octanol–water partition coefficient (Wildman–Crippen LogP) is 1.59. The van der Waals surface area contributed by atoms with Gasteiger partial charge in [-0.15, -0.1) is 0 Å². The molecule has 2 atom stereocenters. The molecule has 0 spiro atoms. The van der Waals surface area contributed by atoms with Crippen molar-refractivity contribution in [2.24, 2.45) is 5.92 Å². The van der Waals surface area contributed by atoms with Gasteiger partial charge in [-0.3, -0.25) is 0 Å². The summed E-state index contributed by atoms with van der Waals surface area (Å²) in [6.45, 7) is 6.20. The van der Waals surface area contributed by atoms with Gasteiger partial charge in [-0.05, 0) is 18.8 Å². The van der Waals surface area contributed by atoms with E-state index in [0.29, 0.717) is 18.6 Å². The molecule has 1 saturated heterocycles. The first-order chi connectivity index (χ1) is 6.74. The number of ether oxygens (including phenoxy) is 2. The number of rotatable bonds is 5. The molecule has 1 aliphatic heterocycles. The smallest absolute Gasteiger partial charge is 0.0799 e. The molecule has 0 aromatic heterocycles. The van der Waals surface area contributed by atoms with Crippen molar-refractivity contribution in [3.63, 3.8) is 0 Å². The average Bonchev–Trinajstić information content (AvgIpc) is 2.26. The zero-order chi connectivity index (χ0) is 10.4. The standard InChI is InChI=1S/C11H22O3/c1-3-9(2)11(12)8-14-10-4-6-13-7-5-10/h9-12H,3-8H2,1-2H3. The molecule has 0 aliphatic carbocycles. The van der Waals surface area contributed by atoms with Crippen LogP contribution in [0.2, 0.25) is 0 Å². The van der Waals surface area contributed by atoms with Crippen LogP contribution >= 0.6 is 0 Å². The van der Waals surface area contributed by atoms with E-state index in [1.54, 1.807) is 0 Å². The summed E-state index contributed by atoms with van der Waals surface area (Å²) in [6.07, 6.45) is 2.91. The van der Waals surface area contributed by atoms with E-state index in [1.807, 2.05) is 0 Å². The van der Waals surface area contributed by atoms with Gasteiger partial charge in [0.25, 0.3) is 0 Å². The van der Waals surface area contributed by atoms with E-state index in [9.17, 15) is 5.11 Å². The summed E-state index contributed by atoms with van der Waals surface area (Å²) in [7, 11) is 0. The average molecular weight is 202 g/mol. The van der Waals surface area contributed by atoms with Gasteiger partial charge in [0.1, 0.15) is 0 Å². The molecule has 3 nitrogen and oxygen atoms in total. The molecule has 14 heavy (non-hydrogen) atoms. The molecule has 0 radical (unpaired) electrons. The molecule has 1 rings (SSSR count). The van der Waals surface area contributed by atoms with E-state index in [2.05, 4.69) is 13.8 Å². The van der Waals surface area contributed by atoms with Crippen molar-refractivity contribution < 1.29 is 14.6 Å². The van der Waals surface area contributed by atoms with Crippen LogP contribution in [0.1, 0.15) is 33.1 Å². The largest absolute Gasteiger partial charge is 0.390 e. The van der Waals surface area contributed by atoms with E-state index in [4.69, 9.17) is 9.47 Å². The van der Waals surface area contributed by atoms with Crippen LogP contribution in [0.3, 0.4) is 0 Å². The number of aliphatic hydroxyl groups excluding tert-OH is 1. The summed E-state index contributed by atoms with van der Waals surface area (Å²) in [6, 6.07) is 0. The molecule has 1 heterocycles. The lowest BCUT2D eigenvalue weighted by atomic mass is 10.0. The predicted molar refractivity (Wildman–Crippen MR) is 55.3 cm³/mol. The Morgan fingerprint density at radius 1 is 1.43 bits per heavy atom. The highest BCUT2D eigenvalue weighted by atomic mass is 16.5. The third kappa shape index (κ3) is 3.95. The van der Waals surface area contributed by atoms with Crippen molar-refractivity contribution in [1.82, 2.24) is 0 Å². The second-order valence-corrected chi connectivity index (χ2v) is 4.10. The molecule has 0 aromatic rings. The summed E-state index contributed by atoms with van der Waals surface area (Å²) in [5.74, 6) is 0.329. The van der Waals surface area contributed by atoms with Crippen molar-refractivity contribution in [2.45, 2.75) is 45.3 Å². The monoisotopic (exact) mass is 202 g/mol. The summed E-state index contributed by atoms with van der Waals surface area (Å²) < 4.78 is 10.9. The van der Waals surface area contributed by atoms with Crippen molar-refractivity contribution in [1.29, 1.82) is 0 Å². The number of hydrogen-bond acceptors (Lipinski definition) is 3. The third-order valence-electron chi connectivity index (χ3n) is 2.97. The van der Waals surface area contributed by atoms with Crippen molar-refractivity contribution in [3.8, 4) is 0 Å². The van der Waals surface area contributed by atoms with Crippen LogP contribution in [0, 0.1) is 5.92 Å². The van der Waals surface area contributed by atoms with Crippen LogP contribution < -0.4 is 0 Å². The van der Waals surface area contributed by atoms with E-state index < -0.39 is 0 Å². The van der Waals surface area contributed by atoms with Gasteiger partial charge in [0.2, 0.25) is 0 Å². The molecule has 1 aliphatic rings. The fourth-order valence-corrected chi connectivity index (χ4v) is 1.51. The summed E-state index contributed by atoms with van der Waals surface area (Å²) in [4.78, 5) is 0. The van der Waals surface area contributed by atoms with E-state index in [0.717, 1.165) is 32.5 Å². The van der Waals surface area contributed by atoms with Gasteiger partial charge in [-0.25, -0.2) is 0 Å². The summed E-state index contributed by atoms with van der Waals surface area (Å²) >= 11 is 0. The van der Waals surface area contributed by atoms with Crippen molar-refractivity contribution >= 4 is 0 Å². The summed E-state index contributed by atoms with van der Waals surface area (Å²) in [5, 5.41) is 9.69. The van der Waals surface area contributed by atoms with E-state index in [1.165, 1.54) is 0 Å². The first-order valence-corrected chi connectivity index (χ1v) is 5.61. The first-order valence-electron chi connectivity index (χ1n) is 5.61. The highest BCUT2D eigenvalue weighted by Gasteiger charge is 2.18. The maximum absolute atomic E-state index is 9.69. The highest BCUT2D eigenvalue weighted by Crippen LogP contribution is 2.13. The molecule has 1 fully saturated rings. The number of aliphatic hydroxyl groups is 1. The van der Waals surface area contributed by atoms with Crippen LogP contribution in [0.15, 0.2) is 0 Å². The maximum atomic E-state index is 9.69. The van der Waals surface area contributed by atoms with E-state index >= 15 is 0 Å². The molecular weight excluding hydrogens is 180 g/mol. The maximum Gasteiger partial charge on any atom is 0.0799 e. The zero-order valence-electron chi connectivity index (χ0n) is 9.24. The highest BCUT2D eigenvalue weighted by molar-refractivity contribution is 4.66. The van der Waals surface area contributed by atoms with Crippen LogP contribution in [0.4, 0.5) is 0 Å². The Labute approximate surface area is 86.4 Å². The molecule has 0 saturated carbocycles. The molecule has 0 bridgehead atoms. The van der Waals surface area contributed by atoms with Crippen molar-refractivity contribution in [3.05, 3.63) is 0 Å². The lowest BCUT2D eigenvalue weighted by Crippen LogP contribution is -2.30. The zero-order valence-corrected chi connectivity index (χ0v) is 9.24. The Morgan fingerprint density at radius 3 is 2.64 bits per heavy atom. The second kappa shape index (κ2) is 6.38. The SMILES string of the molecule is CCC(C)C(O)COC1CCOCC1.